The second-order valence-corrected chi connectivity index (χ2v) is 5.35. The van der Waals surface area contributed by atoms with Gasteiger partial charge in [-0.15, -0.1) is 0 Å². The first-order chi connectivity index (χ1) is 11.4. The molecule has 0 N–H and O–H groups in total. The number of hydrogen-bond acceptors (Lipinski definition) is 2. The number of aromatic nitrogens is 2. The summed E-state index contributed by atoms with van der Waals surface area (Å²) in [6.45, 7) is 0. The van der Waals surface area contributed by atoms with Gasteiger partial charge in [0.05, 0.1) is 30.1 Å². The molecule has 23 heavy (non-hydrogen) atoms. The van der Waals surface area contributed by atoms with Crippen LogP contribution in [0.4, 0.5) is 0 Å². The number of hydrogen-bond donors (Lipinski definition) is 0. The molecule has 0 bridgehead atoms. The molecule has 0 aliphatic heterocycles. The average Bonchev–Trinajstić information content (AvgIpc) is 2.97. The van der Waals surface area contributed by atoms with Crippen LogP contribution in [-0.2, 0) is 4.74 Å². The van der Waals surface area contributed by atoms with Crippen LogP contribution in [0.1, 0.15) is 5.69 Å². The average molecular weight is 300 g/mol. The zero-order chi connectivity index (χ0) is 15.6. The van der Waals surface area contributed by atoms with Crippen LogP contribution in [-0.4, -0.2) is 16.7 Å². The Kier molecular flexibility index (Phi) is 3.31. The van der Waals surface area contributed by atoms with Crippen LogP contribution in [0.15, 0.2) is 73.1 Å². The van der Waals surface area contributed by atoms with Gasteiger partial charge in [-0.05, 0) is 30.3 Å². The molecule has 0 saturated carbocycles. The Labute approximate surface area is 134 Å². The molecular weight excluding hydrogens is 284 g/mol. The lowest BCUT2D eigenvalue weighted by molar-refractivity contribution is 0.341. The maximum absolute atomic E-state index is 5.11. The van der Waals surface area contributed by atoms with Crippen molar-refractivity contribution in [3.05, 3.63) is 78.8 Å². The summed E-state index contributed by atoms with van der Waals surface area (Å²) in [6, 6.07) is 20.8. The topological polar surface area (TPSA) is 27.1 Å². The van der Waals surface area contributed by atoms with Gasteiger partial charge in [-0.3, -0.25) is 4.98 Å². The van der Waals surface area contributed by atoms with Gasteiger partial charge in [0.1, 0.15) is 0 Å². The molecule has 4 aromatic rings. The highest BCUT2D eigenvalue weighted by molar-refractivity contribution is 5.92. The largest absolute Gasteiger partial charge is 0.504 e. The Morgan fingerprint density at radius 3 is 2.74 bits per heavy atom. The first kappa shape index (κ1) is 13.6. The summed E-state index contributed by atoms with van der Waals surface area (Å²) in [5.74, 6) is 0. The minimum absolute atomic E-state index is 0.990. The lowest BCUT2D eigenvalue weighted by atomic mass is 10.2. The van der Waals surface area contributed by atoms with E-state index in [0.717, 1.165) is 22.3 Å². The van der Waals surface area contributed by atoms with Crippen LogP contribution in [0.25, 0.3) is 33.6 Å². The number of methoxy groups -OCH3 is 1. The second kappa shape index (κ2) is 5.61. The third-order valence-corrected chi connectivity index (χ3v) is 3.98. The summed E-state index contributed by atoms with van der Waals surface area (Å²) in [6.07, 6.45) is 5.54. The van der Waals surface area contributed by atoms with Crippen molar-refractivity contribution in [3.8, 4) is 5.69 Å². The molecule has 0 aliphatic carbocycles. The van der Waals surface area contributed by atoms with E-state index in [9.17, 15) is 0 Å². The predicted molar refractivity (Wildman–Crippen MR) is 94.6 cm³/mol. The van der Waals surface area contributed by atoms with Crippen LogP contribution in [0, 0.1) is 0 Å². The quantitative estimate of drug-likeness (QED) is 0.508. The van der Waals surface area contributed by atoms with Gasteiger partial charge in [0, 0.05) is 22.7 Å². The molecule has 0 atom stereocenters. The number of rotatable bonds is 3. The van der Waals surface area contributed by atoms with Crippen molar-refractivity contribution in [2.24, 2.45) is 0 Å². The summed E-state index contributed by atoms with van der Waals surface area (Å²) in [5.41, 5.74) is 4.35. The number of ether oxygens (including phenoxy) is 1. The lowest BCUT2D eigenvalue weighted by Crippen LogP contribution is -1.98. The molecule has 0 saturated heterocycles. The Hall–Kier alpha value is -3.07. The van der Waals surface area contributed by atoms with E-state index >= 15 is 0 Å². The molecule has 0 unspecified atom stereocenters. The van der Waals surface area contributed by atoms with E-state index in [1.807, 2.05) is 30.5 Å². The third-order valence-electron chi connectivity index (χ3n) is 3.98. The van der Waals surface area contributed by atoms with Gasteiger partial charge < -0.3 is 9.30 Å². The number of para-hydroxylation sites is 2. The molecule has 0 fully saturated rings. The highest BCUT2D eigenvalue weighted by Crippen LogP contribution is 2.29. The van der Waals surface area contributed by atoms with E-state index < -0.39 is 0 Å². The summed E-state index contributed by atoms with van der Waals surface area (Å²) in [5, 5.41) is 2.33. The van der Waals surface area contributed by atoms with Crippen molar-refractivity contribution in [2.75, 3.05) is 7.11 Å². The highest BCUT2D eigenvalue weighted by Gasteiger charge is 2.11. The van der Waals surface area contributed by atoms with Crippen molar-refractivity contribution in [1.82, 2.24) is 9.55 Å². The fraction of sp³-hybridized carbons (Fsp3) is 0.0500. The Morgan fingerprint density at radius 1 is 1.00 bits per heavy atom. The fourth-order valence-corrected chi connectivity index (χ4v) is 2.98. The fourth-order valence-electron chi connectivity index (χ4n) is 2.98. The molecule has 3 nitrogen and oxygen atoms in total. The van der Waals surface area contributed by atoms with Crippen molar-refractivity contribution in [3.63, 3.8) is 0 Å². The standard InChI is InChI=1S/C20H16N2O/c1-23-13-11-16-14-15-6-2-5-9-19(15)22(16)20-10-12-21-18-8-4-3-7-17(18)20/h2-14H,1H3/b13-11+. The maximum Gasteiger partial charge on any atom is 0.0845 e. The van der Waals surface area contributed by atoms with Gasteiger partial charge in [-0.25, -0.2) is 0 Å². The highest BCUT2D eigenvalue weighted by atomic mass is 16.5. The molecule has 2 aromatic heterocycles. The second-order valence-electron chi connectivity index (χ2n) is 5.35. The summed E-state index contributed by atoms with van der Waals surface area (Å²) in [4.78, 5) is 4.47. The molecule has 0 spiro atoms. The Bertz CT molecular complexity index is 1010. The van der Waals surface area contributed by atoms with E-state index in [-0.39, 0.29) is 0 Å². The summed E-state index contributed by atoms with van der Waals surface area (Å²) in [7, 11) is 1.66. The minimum atomic E-state index is 0.990. The van der Waals surface area contributed by atoms with Crippen LogP contribution in [0.2, 0.25) is 0 Å². The van der Waals surface area contributed by atoms with Gasteiger partial charge in [0.15, 0.2) is 0 Å². The SMILES string of the molecule is CO/C=C/c1cc2ccccc2n1-c1ccnc2ccccc12. The minimum Gasteiger partial charge on any atom is -0.504 e. The van der Waals surface area contributed by atoms with Gasteiger partial charge >= 0.3 is 0 Å². The van der Waals surface area contributed by atoms with E-state index in [1.165, 1.54) is 10.9 Å². The number of nitrogens with zero attached hydrogens (tertiary/aromatic N) is 2. The monoisotopic (exact) mass is 300 g/mol. The smallest absolute Gasteiger partial charge is 0.0845 e. The summed E-state index contributed by atoms with van der Waals surface area (Å²) < 4.78 is 7.36. The molecule has 2 aromatic carbocycles. The molecule has 2 heterocycles. The third kappa shape index (κ3) is 2.27. The Balaban J connectivity index is 2.09. The number of fused-ring (bicyclic) bond motifs is 2. The summed E-state index contributed by atoms with van der Waals surface area (Å²) >= 11 is 0. The van der Waals surface area contributed by atoms with Gasteiger partial charge in [-0.2, -0.15) is 0 Å². The predicted octanol–water partition coefficient (Wildman–Crippen LogP) is 4.80. The van der Waals surface area contributed by atoms with Crippen LogP contribution < -0.4 is 0 Å². The van der Waals surface area contributed by atoms with Gasteiger partial charge in [0.25, 0.3) is 0 Å². The van der Waals surface area contributed by atoms with Crippen LogP contribution >= 0.6 is 0 Å². The van der Waals surface area contributed by atoms with Crippen molar-refractivity contribution in [1.29, 1.82) is 0 Å². The molecule has 112 valence electrons. The van der Waals surface area contributed by atoms with Crippen molar-refractivity contribution in [2.45, 2.75) is 0 Å². The molecule has 0 amide bonds. The van der Waals surface area contributed by atoms with Crippen molar-refractivity contribution >= 4 is 27.9 Å². The molecular formula is C20H16N2O. The Morgan fingerprint density at radius 2 is 1.83 bits per heavy atom. The van der Waals surface area contributed by atoms with E-state index in [2.05, 4.69) is 52.0 Å². The first-order valence-electron chi connectivity index (χ1n) is 7.52. The zero-order valence-corrected chi connectivity index (χ0v) is 12.8. The van der Waals surface area contributed by atoms with Gasteiger partial charge in [-0.1, -0.05) is 36.4 Å². The molecule has 4 rings (SSSR count). The molecule has 0 radical (unpaired) electrons. The van der Waals surface area contributed by atoms with Crippen LogP contribution in [0.3, 0.4) is 0 Å². The first-order valence-corrected chi connectivity index (χ1v) is 7.52. The zero-order valence-electron chi connectivity index (χ0n) is 12.8. The van der Waals surface area contributed by atoms with Crippen molar-refractivity contribution < 1.29 is 4.74 Å². The van der Waals surface area contributed by atoms with Crippen LogP contribution in [0.5, 0.6) is 0 Å². The lowest BCUT2D eigenvalue weighted by Gasteiger charge is -2.11. The van der Waals surface area contributed by atoms with E-state index in [1.54, 1.807) is 13.4 Å². The van der Waals surface area contributed by atoms with E-state index in [4.69, 9.17) is 4.74 Å². The number of benzene rings is 2. The number of pyridine rings is 1. The maximum atomic E-state index is 5.11. The van der Waals surface area contributed by atoms with E-state index in [0.29, 0.717) is 0 Å². The van der Waals surface area contributed by atoms with Gasteiger partial charge in [0.2, 0.25) is 0 Å². The normalized spacial score (nSPS) is 11.5. The molecule has 3 heteroatoms. The molecule has 0 aliphatic rings.